The number of hydrogen-bond acceptors (Lipinski definition) is 3. The lowest BCUT2D eigenvalue weighted by atomic mass is 10.0. The standard InChI is InChI=1S/C19H13NO2S/c20-14-18(23(21,22)17-10-2-1-3-11-17)13-16-9-6-8-15-7-4-5-12-19(15)16/h1-13H/b18-13-. The lowest BCUT2D eigenvalue weighted by Gasteiger charge is -2.05. The van der Waals surface area contributed by atoms with Gasteiger partial charge in [0.05, 0.1) is 4.90 Å². The van der Waals surface area contributed by atoms with E-state index in [2.05, 4.69) is 0 Å². The number of rotatable bonds is 3. The van der Waals surface area contributed by atoms with Gasteiger partial charge in [-0.15, -0.1) is 0 Å². The van der Waals surface area contributed by atoms with Crippen molar-refractivity contribution in [2.75, 3.05) is 0 Å². The van der Waals surface area contributed by atoms with Crippen LogP contribution in [0.25, 0.3) is 16.8 Å². The van der Waals surface area contributed by atoms with Crippen molar-refractivity contribution in [1.29, 1.82) is 5.26 Å². The topological polar surface area (TPSA) is 57.9 Å². The molecule has 0 aliphatic rings. The molecule has 3 nitrogen and oxygen atoms in total. The number of nitriles is 1. The van der Waals surface area contributed by atoms with Crippen LogP contribution in [-0.2, 0) is 9.84 Å². The molecule has 3 rings (SSSR count). The molecular formula is C19H13NO2S. The molecule has 3 aromatic carbocycles. The van der Waals surface area contributed by atoms with Gasteiger partial charge < -0.3 is 0 Å². The summed E-state index contributed by atoms with van der Waals surface area (Å²) in [5.41, 5.74) is 0.708. The van der Waals surface area contributed by atoms with Crippen LogP contribution in [0.15, 0.2) is 82.6 Å². The Morgan fingerprint density at radius 2 is 1.52 bits per heavy atom. The Morgan fingerprint density at radius 3 is 2.26 bits per heavy atom. The smallest absolute Gasteiger partial charge is 0.216 e. The molecule has 0 saturated carbocycles. The second kappa shape index (κ2) is 6.07. The molecule has 0 heterocycles. The molecule has 0 atom stereocenters. The molecule has 0 amide bonds. The summed E-state index contributed by atoms with van der Waals surface area (Å²) >= 11 is 0. The summed E-state index contributed by atoms with van der Waals surface area (Å²) in [5.74, 6) is 0. The highest BCUT2D eigenvalue weighted by molar-refractivity contribution is 7.95. The molecule has 4 heteroatoms. The van der Waals surface area contributed by atoms with E-state index in [4.69, 9.17) is 0 Å². The number of sulfone groups is 1. The van der Waals surface area contributed by atoms with E-state index in [1.54, 1.807) is 24.3 Å². The summed E-state index contributed by atoms with van der Waals surface area (Å²) in [5, 5.41) is 11.3. The fraction of sp³-hybridized carbons (Fsp3) is 0. The van der Waals surface area contributed by atoms with Gasteiger partial charge in [0.1, 0.15) is 11.0 Å². The van der Waals surface area contributed by atoms with Crippen LogP contribution in [0.5, 0.6) is 0 Å². The zero-order chi connectivity index (χ0) is 16.3. The molecule has 0 unspecified atom stereocenters. The van der Waals surface area contributed by atoms with E-state index < -0.39 is 9.84 Å². The normalized spacial score (nSPS) is 12.0. The van der Waals surface area contributed by atoms with Crippen LogP contribution in [0.2, 0.25) is 0 Å². The van der Waals surface area contributed by atoms with E-state index in [9.17, 15) is 13.7 Å². The maximum atomic E-state index is 12.6. The van der Waals surface area contributed by atoms with Gasteiger partial charge in [-0.1, -0.05) is 60.7 Å². The molecule has 0 N–H and O–H groups in total. The fourth-order valence-electron chi connectivity index (χ4n) is 2.41. The number of fused-ring (bicyclic) bond motifs is 1. The summed E-state index contributed by atoms with van der Waals surface area (Å²) in [6.45, 7) is 0. The summed E-state index contributed by atoms with van der Waals surface area (Å²) in [7, 11) is -3.82. The summed E-state index contributed by atoms with van der Waals surface area (Å²) in [6.07, 6.45) is 1.44. The van der Waals surface area contributed by atoms with Crippen LogP contribution in [0, 0.1) is 11.3 Å². The summed E-state index contributed by atoms with van der Waals surface area (Å²) in [4.78, 5) is -0.145. The van der Waals surface area contributed by atoms with Gasteiger partial charge in [0.15, 0.2) is 0 Å². The van der Waals surface area contributed by atoms with E-state index in [-0.39, 0.29) is 9.80 Å². The van der Waals surface area contributed by atoms with Gasteiger partial charge in [-0.05, 0) is 34.5 Å². The average molecular weight is 319 g/mol. The molecular weight excluding hydrogens is 306 g/mol. The van der Waals surface area contributed by atoms with Crippen molar-refractivity contribution in [3.05, 3.63) is 83.3 Å². The molecule has 0 aliphatic heterocycles. The molecule has 0 fully saturated rings. The van der Waals surface area contributed by atoms with Gasteiger partial charge in [0.25, 0.3) is 0 Å². The van der Waals surface area contributed by atoms with E-state index >= 15 is 0 Å². The predicted octanol–water partition coefficient (Wildman–Crippen LogP) is 4.18. The minimum atomic E-state index is -3.82. The van der Waals surface area contributed by atoms with Crippen molar-refractivity contribution in [2.45, 2.75) is 4.90 Å². The van der Waals surface area contributed by atoms with Gasteiger partial charge in [0, 0.05) is 0 Å². The van der Waals surface area contributed by atoms with Crippen LogP contribution in [0.3, 0.4) is 0 Å². The van der Waals surface area contributed by atoms with Crippen LogP contribution in [0.4, 0.5) is 0 Å². The van der Waals surface area contributed by atoms with Crippen molar-refractivity contribution < 1.29 is 8.42 Å². The third kappa shape index (κ3) is 2.87. The maximum absolute atomic E-state index is 12.6. The number of hydrogen-bond donors (Lipinski definition) is 0. The Balaban J connectivity index is 2.18. The highest BCUT2D eigenvalue weighted by atomic mass is 32.2. The second-order valence-electron chi connectivity index (χ2n) is 5.01. The first-order chi connectivity index (χ1) is 11.1. The zero-order valence-electron chi connectivity index (χ0n) is 12.2. The molecule has 0 aromatic heterocycles. The minimum absolute atomic E-state index is 0.119. The average Bonchev–Trinajstić information content (AvgIpc) is 2.60. The van der Waals surface area contributed by atoms with Crippen molar-refractivity contribution >= 4 is 26.7 Å². The Hall–Kier alpha value is -2.90. The van der Waals surface area contributed by atoms with Crippen molar-refractivity contribution in [1.82, 2.24) is 0 Å². The Labute approximate surface area is 135 Å². The highest BCUT2D eigenvalue weighted by Gasteiger charge is 2.20. The van der Waals surface area contributed by atoms with E-state index in [0.29, 0.717) is 5.56 Å². The van der Waals surface area contributed by atoms with E-state index in [0.717, 1.165) is 10.8 Å². The number of allylic oxidation sites excluding steroid dienone is 1. The van der Waals surface area contributed by atoms with Crippen LogP contribution in [0.1, 0.15) is 5.56 Å². The van der Waals surface area contributed by atoms with Crippen LogP contribution >= 0.6 is 0 Å². The van der Waals surface area contributed by atoms with Crippen molar-refractivity contribution in [3.63, 3.8) is 0 Å². The molecule has 0 saturated heterocycles. The van der Waals surface area contributed by atoms with Gasteiger partial charge in [-0.2, -0.15) is 5.26 Å². The summed E-state index contributed by atoms with van der Waals surface area (Å²) < 4.78 is 25.2. The molecule has 0 bridgehead atoms. The first-order valence-electron chi connectivity index (χ1n) is 7.02. The Morgan fingerprint density at radius 1 is 0.870 bits per heavy atom. The van der Waals surface area contributed by atoms with Gasteiger partial charge >= 0.3 is 0 Å². The van der Waals surface area contributed by atoms with Crippen LogP contribution < -0.4 is 0 Å². The van der Waals surface area contributed by atoms with Gasteiger partial charge in [-0.3, -0.25) is 0 Å². The predicted molar refractivity (Wildman–Crippen MR) is 91.2 cm³/mol. The molecule has 112 valence electrons. The van der Waals surface area contributed by atoms with Crippen LogP contribution in [-0.4, -0.2) is 8.42 Å². The van der Waals surface area contributed by atoms with E-state index in [1.807, 2.05) is 42.5 Å². The quantitative estimate of drug-likeness (QED) is 0.681. The molecule has 0 spiro atoms. The van der Waals surface area contributed by atoms with E-state index in [1.165, 1.54) is 18.2 Å². The van der Waals surface area contributed by atoms with Gasteiger partial charge in [-0.25, -0.2) is 8.42 Å². The second-order valence-corrected chi connectivity index (χ2v) is 6.92. The third-order valence-electron chi connectivity index (χ3n) is 3.56. The molecule has 3 aromatic rings. The number of benzene rings is 3. The minimum Gasteiger partial charge on any atom is -0.218 e. The SMILES string of the molecule is N#C/C(=C/c1cccc2ccccc12)S(=O)(=O)c1ccccc1. The third-order valence-corrected chi connectivity index (χ3v) is 5.24. The number of nitrogens with zero attached hydrogens (tertiary/aromatic N) is 1. The largest absolute Gasteiger partial charge is 0.218 e. The molecule has 0 aliphatic carbocycles. The monoisotopic (exact) mass is 319 g/mol. The van der Waals surface area contributed by atoms with Gasteiger partial charge in [0.2, 0.25) is 9.84 Å². The lowest BCUT2D eigenvalue weighted by Crippen LogP contribution is -2.03. The van der Waals surface area contributed by atoms with Crippen molar-refractivity contribution in [3.8, 4) is 6.07 Å². The Kier molecular flexibility index (Phi) is 3.96. The summed E-state index contributed by atoms with van der Waals surface area (Å²) in [6, 6.07) is 23.1. The Bertz CT molecular complexity index is 1020. The molecule has 23 heavy (non-hydrogen) atoms. The zero-order valence-corrected chi connectivity index (χ0v) is 13.0. The van der Waals surface area contributed by atoms with Crippen molar-refractivity contribution in [2.24, 2.45) is 0 Å². The highest BCUT2D eigenvalue weighted by Crippen LogP contribution is 2.25. The first-order valence-corrected chi connectivity index (χ1v) is 8.51. The molecule has 0 radical (unpaired) electrons. The maximum Gasteiger partial charge on any atom is 0.216 e. The fourth-order valence-corrected chi connectivity index (χ4v) is 3.59. The lowest BCUT2D eigenvalue weighted by molar-refractivity contribution is 0.603. The first kappa shape index (κ1) is 15.0.